The molecular formula is C17H26O2. The molecule has 1 atom stereocenters. The van der Waals surface area contributed by atoms with Gasteiger partial charge in [0.05, 0.1) is 13.2 Å². The maximum absolute atomic E-state index is 10.6. The maximum atomic E-state index is 10.6. The third-order valence-corrected chi connectivity index (χ3v) is 4.26. The molecule has 0 aliphatic heterocycles. The largest absolute Gasteiger partial charge is 0.496 e. The lowest BCUT2D eigenvalue weighted by Gasteiger charge is -2.25. The van der Waals surface area contributed by atoms with Gasteiger partial charge in [0, 0.05) is 5.56 Å². The average molecular weight is 262 g/mol. The van der Waals surface area contributed by atoms with Gasteiger partial charge in [-0.2, -0.15) is 0 Å². The second-order valence-electron chi connectivity index (χ2n) is 6.70. The Labute approximate surface area is 116 Å². The minimum Gasteiger partial charge on any atom is -0.496 e. The predicted octanol–water partition coefficient (Wildman–Crippen LogP) is 4.22. The molecule has 0 heterocycles. The van der Waals surface area contributed by atoms with Crippen LogP contribution < -0.4 is 4.74 Å². The van der Waals surface area contributed by atoms with Crippen LogP contribution in [-0.4, -0.2) is 12.2 Å². The van der Waals surface area contributed by atoms with Crippen LogP contribution in [-0.2, 0) is 5.41 Å². The van der Waals surface area contributed by atoms with Crippen molar-refractivity contribution in [2.24, 2.45) is 5.92 Å². The van der Waals surface area contributed by atoms with Gasteiger partial charge in [-0.3, -0.25) is 0 Å². The van der Waals surface area contributed by atoms with E-state index in [0.717, 1.165) is 24.2 Å². The van der Waals surface area contributed by atoms with Crippen molar-refractivity contribution in [1.82, 2.24) is 0 Å². The second kappa shape index (κ2) is 5.54. The van der Waals surface area contributed by atoms with Gasteiger partial charge in [-0.05, 0) is 41.9 Å². The van der Waals surface area contributed by atoms with Gasteiger partial charge in [-0.25, -0.2) is 0 Å². The Bertz CT molecular complexity index is 425. The van der Waals surface area contributed by atoms with E-state index in [0.29, 0.717) is 5.92 Å². The molecule has 2 heteroatoms. The lowest BCUT2D eigenvalue weighted by Crippen LogP contribution is -2.15. The van der Waals surface area contributed by atoms with Crippen LogP contribution in [0.15, 0.2) is 18.2 Å². The first-order valence-corrected chi connectivity index (χ1v) is 7.30. The van der Waals surface area contributed by atoms with E-state index in [-0.39, 0.29) is 11.5 Å². The summed E-state index contributed by atoms with van der Waals surface area (Å²) in [6.45, 7) is 6.58. The molecule has 1 aliphatic carbocycles. The minimum atomic E-state index is -0.389. The summed E-state index contributed by atoms with van der Waals surface area (Å²) >= 11 is 0. The summed E-state index contributed by atoms with van der Waals surface area (Å²) in [4.78, 5) is 0. The third kappa shape index (κ3) is 3.11. The van der Waals surface area contributed by atoms with E-state index in [1.54, 1.807) is 7.11 Å². The monoisotopic (exact) mass is 262 g/mol. The Kier molecular flexibility index (Phi) is 4.19. The molecule has 1 unspecified atom stereocenters. The van der Waals surface area contributed by atoms with Gasteiger partial charge in [0.15, 0.2) is 0 Å². The van der Waals surface area contributed by atoms with E-state index in [9.17, 15) is 5.11 Å². The highest BCUT2D eigenvalue weighted by atomic mass is 16.5. The Balaban J connectivity index is 2.35. The maximum Gasteiger partial charge on any atom is 0.124 e. The van der Waals surface area contributed by atoms with E-state index >= 15 is 0 Å². The highest BCUT2D eigenvalue weighted by molar-refractivity contribution is 5.41. The lowest BCUT2D eigenvalue weighted by molar-refractivity contribution is 0.108. The summed E-state index contributed by atoms with van der Waals surface area (Å²) in [5.41, 5.74) is 2.30. The van der Waals surface area contributed by atoms with Crippen LogP contribution in [0.25, 0.3) is 0 Å². The first-order chi connectivity index (χ1) is 8.93. The topological polar surface area (TPSA) is 29.5 Å². The molecule has 1 aliphatic rings. The number of hydrogen-bond acceptors (Lipinski definition) is 2. The highest BCUT2D eigenvalue weighted by Crippen LogP contribution is 2.40. The molecule has 0 amide bonds. The predicted molar refractivity (Wildman–Crippen MR) is 78.6 cm³/mol. The number of hydrogen-bond donors (Lipinski definition) is 1. The van der Waals surface area contributed by atoms with Gasteiger partial charge >= 0.3 is 0 Å². The number of rotatable bonds is 3. The van der Waals surface area contributed by atoms with Crippen molar-refractivity contribution in [3.63, 3.8) is 0 Å². The fourth-order valence-electron chi connectivity index (χ4n) is 2.96. The van der Waals surface area contributed by atoms with Crippen molar-refractivity contribution >= 4 is 0 Å². The molecule has 1 fully saturated rings. The van der Waals surface area contributed by atoms with Crippen LogP contribution in [0.3, 0.4) is 0 Å². The molecule has 0 radical (unpaired) electrons. The standard InChI is InChI=1S/C17H26O2/c1-17(2,3)13-9-10-15(19-4)14(11-13)16(18)12-7-5-6-8-12/h9-12,16,18H,5-8H2,1-4H3. The van der Waals surface area contributed by atoms with Crippen molar-refractivity contribution in [3.8, 4) is 5.75 Å². The molecular weight excluding hydrogens is 236 g/mol. The number of aliphatic hydroxyl groups excluding tert-OH is 1. The quantitative estimate of drug-likeness (QED) is 0.884. The van der Waals surface area contributed by atoms with Crippen molar-refractivity contribution in [2.75, 3.05) is 7.11 Å². The molecule has 0 aromatic heterocycles. The van der Waals surface area contributed by atoms with Crippen molar-refractivity contribution < 1.29 is 9.84 Å². The molecule has 19 heavy (non-hydrogen) atoms. The lowest BCUT2D eigenvalue weighted by atomic mass is 9.84. The Morgan fingerprint density at radius 1 is 1.21 bits per heavy atom. The molecule has 1 saturated carbocycles. The second-order valence-corrected chi connectivity index (χ2v) is 6.70. The van der Waals surface area contributed by atoms with Gasteiger partial charge in [0.25, 0.3) is 0 Å². The van der Waals surface area contributed by atoms with Crippen LogP contribution in [0, 0.1) is 5.92 Å². The summed E-state index contributed by atoms with van der Waals surface area (Å²) < 4.78 is 5.43. The zero-order chi connectivity index (χ0) is 14.0. The third-order valence-electron chi connectivity index (χ3n) is 4.26. The first kappa shape index (κ1) is 14.4. The number of methoxy groups -OCH3 is 1. The zero-order valence-electron chi connectivity index (χ0n) is 12.6. The van der Waals surface area contributed by atoms with Gasteiger partial charge in [0.1, 0.15) is 5.75 Å². The van der Waals surface area contributed by atoms with Gasteiger partial charge in [0.2, 0.25) is 0 Å². The van der Waals surface area contributed by atoms with E-state index < -0.39 is 0 Å². The molecule has 2 rings (SSSR count). The highest BCUT2D eigenvalue weighted by Gasteiger charge is 2.27. The van der Waals surface area contributed by atoms with Crippen LogP contribution in [0.1, 0.15) is 63.7 Å². The normalized spacial score (nSPS) is 18.6. The van der Waals surface area contributed by atoms with Crippen LogP contribution in [0.4, 0.5) is 0 Å². The molecule has 0 spiro atoms. The number of ether oxygens (including phenoxy) is 1. The van der Waals surface area contributed by atoms with E-state index in [1.807, 2.05) is 6.07 Å². The fourth-order valence-corrected chi connectivity index (χ4v) is 2.96. The SMILES string of the molecule is COc1ccc(C(C)(C)C)cc1C(O)C1CCCC1. The fraction of sp³-hybridized carbons (Fsp3) is 0.647. The van der Waals surface area contributed by atoms with Crippen molar-refractivity contribution in [1.29, 1.82) is 0 Å². The number of benzene rings is 1. The summed E-state index contributed by atoms with van der Waals surface area (Å²) in [5.74, 6) is 1.21. The van der Waals surface area contributed by atoms with Crippen molar-refractivity contribution in [3.05, 3.63) is 29.3 Å². The summed E-state index contributed by atoms with van der Waals surface area (Å²) in [7, 11) is 1.68. The average Bonchev–Trinajstić information content (AvgIpc) is 2.90. The van der Waals surface area contributed by atoms with E-state index in [2.05, 4.69) is 32.9 Å². The number of aliphatic hydroxyl groups is 1. The Morgan fingerprint density at radius 3 is 2.37 bits per heavy atom. The Hall–Kier alpha value is -1.02. The first-order valence-electron chi connectivity index (χ1n) is 7.30. The molecule has 0 saturated heterocycles. The van der Waals surface area contributed by atoms with Gasteiger partial charge in [-0.1, -0.05) is 39.7 Å². The molecule has 1 aromatic carbocycles. The molecule has 1 N–H and O–H groups in total. The van der Waals surface area contributed by atoms with Crippen molar-refractivity contribution in [2.45, 2.75) is 58.0 Å². The summed E-state index contributed by atoms with van der Waals surface area (Å²) in [6, 6.07) is 6.22. The van der Waals surface area contributed by atoms with Crippen LogP contribution in [0.2, 0.25) is 0 Å². The summed E-state index contributed by atoms with van der Waals surface area (Å²) in [6.07, 6.45) is 4.35. The van der Waals surface area contributed by atoms with Crippen LogP contribution >= 0.6 is 0 Å². The molecule has 1 aromatic rings. The smallest absolute Gasteiger partial charge is 0.124 e. The van der Waals surface area contributed by atoms with Gasteiger partial charge in [-0.15, -0.1) is 0 Å². The summed E-state index contributed by atoms with van der Waals surface area (Å²) in [5, 5.41) is 10.6. The zero-order valence-corrected chi connectivity index (χ0v) is 12.6. The molecule has 106 valence electrons. The van der Waals surface area contributed by atoms with E-state index in [4.69, 9.17) is 4.74 Å². The van der Waals surface area contributed by atoms with Crippen LogP contribution in [0.5, 0.6) is 5.75 Å². The minimum absolute atomic E-state index is 0.0937. The van der Waals surface area contributed by atoms with Gasteiger partial charge < -0.3 is 9.84 Å². The molecule has 2 nitrogen and oxygen atoms in total. The Morgan fingerprint density at radius 2 is 1.84 bits per heavy atom. The molecule has 0 bridgehead atoms. The van der Waals surface area contributed by atoms with E-state index in [1.165, 1.54) is 18.4 Å².